The molecule has 32 heavy (non-hydrogen) atoms. The summed E-state index contributed by atoms with van der Waals surface area (Å²) in [5.41, 5.74) is 4.72. The number of amides is 1. The predicted molar refractivity (Wildman–Crippen MR) is 123 cm³/mol. The molecule has 3 heterocycles. The summed E-state index contributed by atoms with van der Waals surface area (Å²) < 4.78 is 5.67. The van der Waals surface area contributed by atoms with Gasteiger partial charge < -0.3 is 9.64 Å². The lowest BCUT2D eigenvalue weighted by atomic mass is 10.0. The Balaban J connectivity index is 1.46. The van der Waals surface area contributed by atoms with Crippen molar-refractivity contribution in [3.63, 3.8) is 0 Å². The topological polar surface area (TPSA) is 71.9 Å². The Bertz CT molecular complexity index is 1280. The van der Waals surface area contributed by atoms with Gasteiger partial charge in [0.15, 0.2) is 6.61 Å². The van der Waals surface area contributed by atoms with Crippen molar-refractivity contribution in [1.29, 1.82) is 0 Å². The molecule has 7 heteroatoms. The van der Waals surface area contributed by atoms with Crippen molar-refractivity contribution in [3.8, 4) is 16.9 Å². The fraction of sp³-hybridized carbons (Fsp3) is 0.0800. The first-order valence-corrected chi connectivity index (χ1v) is 10.6. The Hall–Kier alpha value is -3.74. The summed E-state index contributed by atoms with van der Waals surface area (Å²) in [6, 6.07) is 21.3. The predicted octanol–water partition coefficient (Wildman–Crippen LogP) is 4.25. The van der Waals surface area contributed by atoms with E-state index in [4.69, 9.17) is 16.3 Å². The minimum atomic E-state index is -0.0730. The van der Waals surface area contributed by atoms with Gasteiger partial charge in [-0.1, -0.05) is 23.7 Å². The molecule has 0 unspecified atom stereocenters. The lowest BCUT2D eigenvalue weighted by Gasteiger charge is -2.30. The third kappa shape index (κ3) is 4.32. The van der Waals surface area contributed by atoms with E-state index in [1.807, 2.05) is 72.0 Å². The third-order valence-corrected chi connectivity index (χ3v) is 5.50. The average molecular weight is 444 g/mol. The van der Waals surface area contributed by atoms with Gasteiger partial charge in [0.25, 0.3) is 5.91 Å². The molecule has 1 amide bonds. The van der Waals surface area contributed by atoms with Gasteiger partial charge in [0.2, 0.25) is 5.82 Å². The molecule has 158 valence electrons. The van der Waals surface area contributed by atoms with Crippen LogP contribution in [0.15, 0.2) is 85.3 Å². The molecule has 0 atom stereocenters. The van der Waals surface area contributed by atoms with Crippen LogP contribution in [0.4, 0.5) is 17.2 Å². The molecule has 0 aliphatic carbocycles. The van der Waals surface area contributed by atoms with Crippen LogP contribution in [0.3, 0.4) is 0 Å². The largest absolute Gasteiger partial charge is 0.482 e. The number of hydrogen-bond acceptors (Lipinski definition) is 4. The number of quaternary nitrogens is 1. The fourth-order valence-electron chi connectivity index (χ4n) is 3.70. The number of ether oxygens (including phenoxy) is 1. The van der Waals surface area contributed by atoms with Gasteiger partial charge in [0.1, 0.15) is 11.4 Å². The molecule has 2 aromatic carbocycles. The molecule has 0 bridgehead atoms. The molecule has 6 nitrogen and oxygen atoms in total. The highest BCUT2D eigenvalue weighted by Crippen LogP contribution is 2.37. The van der Waals surface area contributed by atoms with Crippen LogP contribution in [-0.2, 0) is 11.3 Å². The minimum absolute atomic E-state index is 0.0332. The number of hydrogen-bond donors (Lipinski definition) is 1. The molecule has 0 saturated heterocycles. The molecule has 1 aliphatic rings. The number of nitrogens with zero attached hydrogens (tertiary/aromatic N) is 3. The maximum Gasteiger partial charge on any atom is 0.265 e. The number of fused-ring (bicyclic) bond motifs is 1. The zero-order valence-corrected chi connectivity index (χ0v) is 17.9. The molecule has 5 rings (SSSR count). The summed E-state index contributed by atoms with van der Waals surface area (Å²) in [5.74, 6) is 1.45. The van der Waals surface area contributed by atoms with Crippen LogP contribution < -0.4 is 15.0 Å². The SMILES string of the molecule is O=C1COc2ccc(-c3ccnc([NH2+]c4cccc(Cl)c4)c3)cc2N1Cc1ccncc1. The van der Waals surface area contributed by atoms with Crippen molar-refractivity contribution >= 4 is 34.7 Å². The van der Waals surface area contributed by atoms with E-state index in [9.17, 15) is 4.79 Å². The van der Waals surface area contributed by atoms with E-state index in [0.29, 0.717) is 17.3 Å². The molecule has 0 fully saturated rings. The first kappa shape index (κ1) is 20.2. The highest BCUT2D eigenvalue weighted by molar-refractivity contribution is 6.30. The normalized spacial score (nSPS) is 12.9. The summed E-state index contributed by atoms with van der Waals surface area (Å²) in [6.45, 7) is 0.497. The van der Waals surface area contributed by atoms with Crippen molar-refractivity contribution < 1.29 is 14.8 Å². The van der Waals surface area contributed by atoms with E-state index < -0.39 is 0 Å². The molecule has 0 spiro atoms. The van der Waals surface area contributed by atoms with Crippen molar-refractivity contribution in [3.05, 3.63) is 95.9 Å². The number of rotatable bonds is 5. The maximum absolute atomic E-state index is 12.7. The second kappa shape index (κ2) is 8.78. The molecule has 4 aromatic rings. The van der Waals surface area contributed by atoms with Crippen LogP contribution >= 0.6 is 11.6 Å². The smallest absolute Gasteiger partial charge is 0.265 e. The number of benzene rings is 2. The molecule has 0 saturated carbocycles. The molecular formula is C25H20ClN4O2+. The quantitative estimate of drug-likeness (QED) is 0.468. The minimum Gasteiger partial charge on any atom is -0.482 e. The van der Waals surface area contributed by atoms with Crippen molar-refractivity contribution in [2.45, 2.75) is 6.54 Å². The number of nitrogens with two attached hydrogens (primary N) is 1. The fourth-order valence-corrected chi connectivity index (χ4v) is 3.90. The maximum atomic E-state index is 12.7. The Labute approximate surface area is 190 Å². The molecule has 2 N–H and O–H groups in total. The summed E-state index contributed by atoms with van der Waals surface area (Å²) in [6.07, 6.45) is 5.24. The van der Waals surface area contributed by atoms with Crippen LogP contribution in [0.5, 0.6) is 5.75 Å². The first-order valence-electron chi connectivity index (χ1n) is 10.2. The van der Waals surface area contributed by atoms with Gasteiger partial charge in [-0.05, 0) is 59.2 Å². The molecule has 0 radical (unpaired) electrons. The number of carbonyl (C=O) groups excluding carboxylic acids is 1. The van der Waals surface area contributed by atoms with Gasteiger partial charge in [0, 0.05) is 35.7 Å². The zero-order valence-electron chi connectivity index (χ0n) is 17.1. The van der Waals surface area contributed by atoms with Crippen LogP contribution in [0.1, 0.15) is 5.56 Å². The van der Waals surface area contributed by atoms with Gasteiger partial charge in [-0.3, -0.25) is 15.1 Å². The summed E-state index contributed by atoms with van der Waals surface area (Å²) in [4.78, 5) is 22.9. The average Bonchev–Trinajstić information content (AvgIpc) is 2.81. The highest BCUT2D eigenvalue weighted by Gasteiger charge is 2.26. The van der Waals surface area contributed by atoms with Crippen molar-refractivity contribution in [2.75, 3.05) is 11.5 Å². The number of carbonyl (C=O) groups is 1. The van der Waals surface area contributed by atoms with E-state index >= 15 is 0 Å². The van der Waals surface area contributed by atoms with Crippen LogP contribution in [-0.4, -0.2) is 22.5 Å². The van der Waals surface area contributed by atoms with Crippen molar-refractivity contribution in [1.82, 2.24) is 9.97 Å². The van der Waals surface area contributed by atoms with Crippen LogP contribution in [0, 0.1) is 0 Å². The molecule has 2 aromatic heterocycles. The summed E-state index contributed by atoms with van der Waals surface area (Å²) >= 11 is 6.10. The zero-order chi connectivity index (χ0) is 21.9. The molecular weight excluding hydrogens is 424 g/mol. The summed E-state index contributed by atoms with van der Waals surface area (Å²) in [7, 11) is 0. The van der Waals surface area contributed by atoms with E-state index in [-0.39, 0.29) is 12.5 Å². The highest BCUT2D eigenvalue weighted by atomic mass is 35.5. The first-order chi connectivity index (χ1) is 15.7. The Kier molecular flexibility index (Phi) is 5.54. The van der Waals surface area contributed by atoms with Gasteiger partial charge >= 0.3 is 0 Å². The van der Waals surface area contributed by atoms with E-state index in [0.717, 1.165) is 33.9 Å². The van der Waals surface area contributed by atoms with Gasteiger partial charge in [0.05, 0.1) is 12.2 Å². The van der Waals surface area contributed by atoms with Crippen LogP contribution in [0.2, 0.25) is 5.02 Å². The Morgan fingerprint density at radius 2 is 1.81 bits per heavy atom. The van der Waals surface area contributed by atoms with E-state index in [1.54, 1.807) is 23.5 Å². The third-order valence-electron chi connectivity index (χ3n) is 5.27. The second-order valence-electron chi connectivity index (χ2n) is 7.48. The second-order valence-corrected chi connectivity index (χ2v) is 7.91. The number of halogens is 1. The van der Waals surface area contributed by atoms with E-state index in [1.165, 1.54) is 0 Å². The van der Waals surface area contributed by atoms with E-state index in [2.05, 4.69) is 9.97 Å². The van der Waals surface area contributed by atoms with Gasteiger partial charge in [-0.25, -0.2) is 4.98 Å². The lowest BCUT2D eigenvalue weighted by Crippen LogP contribution is -2.71. The van der Waals surface area contributed by atoms with Gasteiger partial charge in [-0.2, -0.15) is 0 Å². The standard InChI is InChI=1S/C25H19ClN4O2/c26-20-2-1-3-21(14-20)29-24-13-19(8-11-28-24)18-4-5-23-22(12-18)30(25(31)16-32-23)15-17-6-9-27-10-7-17/h1-14H,15-16H2,(H,28,29)/p+1. The Morgan fingerprint density at radius 3 is 2.66 bits per heavy atom. The van der Waals surface area contributed by atoms with Gasteiger partial charge in [-0.15, -0.1) is 0 Å². The lowest BCUT2D eigenvalue weighted by molar-refractivity contribution is -0.482. The summed E-state index contributed by atoms with van der Waals surface area (Å²) in [5, 5.41) is 2.67. The van der Waals surface area contributed by atoms with Crippen LogP contribution in [0.25, 0.3) is 11.1 Å². The monoisotopic (exact) mass is 443 g/mol. The number of anilines is 1. The molecule has 1 aliphatic heterocycles. The number of pyridine rings is 2. The Morgan fingerprint density at radius 1 is 0.969 bits per heavy atom. The number of aromatic nitrogens is 2. The van der Waals surface area contributed by atoms with Crippen molar-refractivity contribution in [2.24, 2.45) is 0 Å².